The zero-order valence-electron chi connectivity index (χ0n) is 12.9. The average molecular weight is 273 g/mol. The smallest absolute Gasteiger partial charge is 0.191 e. The molecule has 3 heteroatoms. The van der Waals surface area contributed by atoms with Gasteiger partial charge in [0.25, 0.3) is 0 Å². The SMILES string of the molecule is CCNC(=NCCC1CC1)NC(C)c1ccccc1C. The Morgan fingerprint density at radius 3 is 2.75 bits per heavy atom. The molecule has 1 fully saturated rings. The van der Waals surface area contributed by atoms with Crippen LogP contribution in [0.1, 0.15) is 50.3 Å². The summed E-state index contributed by atoms with van der Waals surface area (Å²) in [5.41, 5.74) is 2.65. The topological polar surface area (TPSA) is 36.4 Å². The molecule has 2 rings (SSSR count). The Morgan fingerprint density at radius 2 is 2.10 bits per heavy atom. The molecule has 20 heavy (non-hydrogen) atoms. The molecule has 3 nitrogen and oxygen atoms in total. The highest BCUT2D eigenvalue weighted by molar-refractivity contribution is 5.80. The van der Waals surface area contributed by atoms with E-state index in [4.69, 9.17) is 0 Å². The van der Waals surface area contributed by atoms with Crippen molar-refractivity contribution >= 4 is 5.96 Å². The van der Waals surface area contributed by atoms with Gasteiger partial charge in [0, 0.05) is 13.1 Å². The minimum atomic E-state index is 0.273. The fourth-order valence-electron chi connectivity index (χ4n) is 2.44. The van der Waals surface area contributed by atoms with Crippen molar-refractivity contribution in [2.75, 3.05) is 13.1 Å². The van der Waals surface area contributed by atoms with Crippen LogP contribution in [0.15, 0.2) is 29.3 Å². The average Bonchev–Trinajstić information content (AvgIpc) is 3.23. The van der Waals surface area contributed by atoms with Crippen LogP contribution < -0.4 is 10.6 Å². The molecular weight excluding hydrogens is 246 g/mol. The van der Waals surface area contributed by atoms with Gasteiger partial charge in [0.05, 0.1) is 6.04 Å². The Balaban J connectivity index is 1.93. The Morgan fingerprint density at radius 1 is 1.35 bits per heavy atom. The first-order chi connectivity index (χ1) is 9.70. The first kappa shape index (κ1) is 14.9. The molecule has 0 aromatic heterocycles. The van der Waals surface area contributed by atoms with Gasteiger partial charge in [-0.1, -0.05) is 37.1 Å². The van der Waals surface area contributed by atoms with Crippen LogP contribution in [-0.4, -0.2) is 19.0 Å². The highest BCUT2D eigenvalue weighted by Crippen LogP contribution is 2.32. The summed E-state index contributed by atoms with van der Waals surface area (Å²) in [7, 11) is 0. The molecule has 0 bridgehead atoms. The molecule has 0 saturated heterocycles. The zero-order chi connectivity index (χ0) is 14.4. The van der Waals surface area contributed by atoms with Gasteiger partial charge < -0.3 is 10.6 Å². The molecule has 110 valence electrons. The number of nitrogens with zero attached hydrogens (tertiary/aromatic N) is 1. The maximum atomic E-state index is 4.68. The number of hydrogen-bond donors (Lipinski definition) is 2. The van der Waals surface area contributed by atoms with E-state index in [0.29, 0.717) is 0 Å². The van der Waals surface area contributed by atoms with Crippen molar-refractivity contribution in [2.24, 2.45) is 10.9 Å². The Hall–Kier alpha value is -1.51. The van der Waals surface area contributed by atoms with Gasteiger partial charge in [0.15, 0.2) is 5.96 Å². The summed E-state index contributed by atoms with van der Waals surface area (Å²) in [5.74, 6) is 1.87. The van der Waals surface area contributed by atoms with E-state index < -0.39 is 0 Å². The van der Waals surface area contributed by atoms with Gasteiger partial charge in [0.1, 0.15) is 0 Å². The molecule has 1 aliphatic rings. The maximum Gasteiger partial charge on any atom is 0.191 e. The molecule has 1 aliphatic carbocycles. The van der Waals surface area contributed by atoms with Crippen molar-refractivity contribution in [3.8, 4) is 0 Å². The molecule has 1 aromatic rings. The largest absolute Gasteiger partial charge is 0.357 e. The normalized spacial score (nSPS) is 16.9. The summed E-state index contributed by atoms with van der Waals surface area (Å²) < 4.78 is 0. The van der Waals surface area contributed by atoms with E-state index in [9.17, 15) is 0 Å². The highest BCUT2D eigenvalue weighted by atomic mass is 15.2. The predicted molar refractivity (Wildman–Crippen MR) is 86.0 cm³/mol. The number of nitrogens with one attached hydrogen (secondary N) is 2. The van der Waals surface area contributed by atoms with Crippen molar-refractivity contribution < 1.29 is 0 Å². The van der Waals surface area contributed by atoms with Crippen molar-refractivity contribution in [3.05, 3.63) is 35.4 Å². The second-order valence-electron chi connectivity index (χ2n) is 5.72. The molecule has 1 aromatic carbocycles. The van der Waals surface area contributed by atoms with Crippen LogP contribution in [0.3, 0.4) is 0 Å². The minimum Gasteiger partial charge on any atom is -0.357 e. The quantitative estimate of drug-likeness (QED) is 0.615. The van der Waals surface area contributed by atoms with Gasteiger partial charge in [-0.2, -0.15) is 0 Å². The molecule has 0 radical (unpaired) electrons. The third-order valence-corrected chi connectivity index (χ3v) is 3.86. The van der Waals surface area contributed by atoms with Crippen molar-refractivity contribution in [1.29, 1.82) is 0 Å². The second-order valence-corrected chi connectivity index (χ2v) is 5.72. The molecule has 1 unspecified atom stereocenters. The number of benzene rings is 1. The van der Waals surface area contributed by atoms with E-state index in [1.165, 1.54) is 30.4 Å². The third kappa shape index (κ3) is 4.55. The zero-order valence-corrected chi connectivity index (χ0v) is 12.9. The molecule has 0 heterocycles. The van der Waals surface area contributed by atoms with Gasteiger partial charge in [0.2, 0.25) is 0 Å². The molecule has 0 amide bonds. The lowest BCUT2D eigenvalue weighted by molar-refractivity contribution is 0.672. The molecule has 1 saturated carbocycles. The number of guanidine groups is 1. The molecule has 0 aliphatic heterocycles. The van der Waals surface area contributed by atoms with E-state index in [1.807, 2.05) is 0 Å². The van der Waals surface area contributed by atoms with Gasteiger partial charge in [-0.15, -0.1) is 0 Å². The molecule has 2 N–H and O–H groups in total. The second kappa shape index (κ2) is 7.32. The fourth-order valence-corrected chi connectivity index (χ4v) is 2.44. The van der Waals surface area contributed by atoms with E-state index in [0.717, 1.165) is 25.0 Å². The maximum absolute atomic E-state index is 4.68. The number of hydrogen-bond acceptors (Lipinski definition) is 1. The lowest BCUT2D eigenvalue weighted by Gasteiger charge is -2.19. The Kier molecular flexibility index (Phi) is 5.45. The summed E-state index contributed by atoms with van der Waals surface area (Å²) >= 11 is 0. The van der Waals surface area contributed by atoms with Gasteiger partial charge in [-0.25, -0.2) is 0 Å². The first-order valence-corrected chi connectivity index (χ1v) is 7.81. The van der Waals surface area contributed by atoms with Crippen LogP contribution in [0.5, 0.6) is 0 Å². The summed E-state index contributed by atoms with van der Waals surface area (Å²) in [6.07, 6.45) is 4.04. The van der Waals surface area contributed by atoms with Crippen LogP contribution in [0.4, 0.5) is 0 Å². The van der Waals surface area contributed by atoms with E-state index in [-0.39, 0.29) is 6.04 Å². The Bertz CT molecular complexity index is 449. The van der Waals surface area contributed by atoms with E-state index in [1.54, 1.807) is 0 Å². The standard InChI is InChI=1S/C17H27N3/c1-4-18-17(19-12-11-15-9-10-15)20-14(3)16-8-6-5-7-13(16)2/h5-8,14-15H,4,9-12H2,1-3H3,(H2,18,19,20). The highest BCUT2D eigenvalue weighted by Gasteiger charge is 2.20. The summed E-state index contributed by atoms with van der Waals surface area (Å²) in [5, 5.41) is 6.84. The van der Waals surface area contributed by atoms with E-state index >= 15 is 0 Å². The van der Waals surface area contributed by atoms with Crippen LogP contribution >= 0.6 is 0 Å². The van der Waals surface area contributed by atoms with Crippen molar-refractivity contribution in [2.45, 2.75) is 46.1 Å². The number of rotatable bonds is 6. The van der Waals surface area contributed by atoms with Gasteiger partial charge >= 0.3 is 0 Å². The summed E-state index contributed by atoms with van der Waals surface area (Å²) in [4.78, 5) is 4.68. The third-order valence-electron chi connectivity index (χ3n) is 3.86. The fraction of sp³-hybridized carbons (Fsp3) is 0.588. The van der Waals surface area contributed by atoms with Crippen LogP contribution in [0, 0.1) is 12.8 Å². The van der Waals surface area contributed by atoms with Gasteiger partial charge in [-0.3, -0.25) is 4.99 Å². The number of aryl methyl sites for hydroxylation is 1. The first-order valence-electron chi connectivity index (χ1n) is 7.81. The lowest BCUT2D eigenvalue weighted by Crippen LogP contribution is -2.39. The predicted octanol–water partition coefficient (Wildman–Crippen LogP) is 3.41. The number of aliphatic imine (C=N–C) groups is 1. The van der Waals surface area contributed by atoms with Crippen LogP contribution in [0.2, 0.25) is 0 Å². The van der Waals surface area contributed by atoms with Crippen LogP contribution in [0.25, 0.3) is 0 Å². The molecule has 0 spiro atoms. The lowest BCUT2D eigenvalue weighted by atomic mass is 10.0. The van der Waals surface area contributed by atoms with E-state index in [2.05, 4.69) is 60.7 Å². The minimum absolute atomic E-state index is 0.273. The van der Waals surface area contributed by atoms with Crippen molar-refractivity contribution in [1.82, 2.24) is 10.6 Å². The van der Waals surface area contributed by atoms with Crippen molar-refractivity contribution in [3.63, 3.8) is 0 Å². The van der Waals surface area contributed by atoms with Crippen LogP contribution in [-0.2, 0) is 0 Å². The molecular formula is C17H27N3. The summed E-state index contributed by atoms with van der Waals surface area (Å²) in [6.45, 7) is 8.29. The Labute approximate surface area is 122 Å². The monoisotopic (exact) mass is 273 g/mol. The molecule has 1 atom stereocenters. The summed E-state index contributed by atoms with van der Waals surface area (Å²) in [6, 6.07) is 8.79. The van der Waals surface area contributed by atoms with Gasteiger partial charge in [-0.05, 0) is 44.2 Å².